The van der Waals surface area contributed by atoms with Crippen LogP contribution in [0.5, 0.6) is 34.5 Å². The number of ether oxygens (including phenoxy) is 10. The molecule has 26 nitrogen and oxygen atoms in total. The molecule has 4 aliphatic rings. The average Bonchev–Trinajstić information content (AvgIpc) is 3.37. The van der Waals surface area contributed by atoms with E-state index in [4.69, 9.17) is 47.4 Å². The summed E-state index contributed by atoms with van der Waals surface area (Å²) in [6, 6.07) is 11.3. The van der Waals surface area contributed by atoms with Crippen LogP contribution in [0.1, 0.15) is 23.1 Å². The number of aliphatic hydroxyl groups is 8. The first-order valence-electron chi connectivity index (χ1n) is 23.1. The van der Waals surface area contributed by atoms with Gasteiger partial charge in [0, 0.05) is 18.6 Å². The summed E-state index contributed by atoms with van der Waals surface area (Å²) < 4.78 is 59.5. The van der Waals surface area contributed by atoms with E-state index >= 15 is 0 Å². The first-order valence-corrected chi connectivity index (χ1v) is 23.1. The molecular weight excluding hydrogens is 993 g/mol. The third kappa shape index (κ3) is 14.1. The number of esters is 2. The fraction of sp³-hybridized carbons (Fsp3) is 0.500. The molecular formula is C48H58O26. The number of benzene rings is 3. The Kier molecular flexibility index (Phi) is 19.0. The minimum Gasteiger partial charge on any atom is -0.504 e. The molecule has 7 rings (SSSR count). The summed E-state index contributed by atoms with van der Waals surface area (Å²) >= 11 is 0. The Morgan fingerprint density at radius 3 is 1.76 bits per heavy atom. The minimum absolute atomic E-state index is 0.0256. The summed E-state index contributed by atoms with van der Waals surface area (Å²) in [5.41, 5.74) is 0.937. The van der Waals surface area contributed by atoms with Gasteiger partial charge in [-0.3, -0.25) is 0 Å². The van der Waals surface area contributed by atoms with E-state index in [1.807, 2.05) is 0 Å². The average molecular weight is 1050 g/mol. The Morgan fingerprint density at radius 2 is 1.12 bits per heavy atom. The first kappa shape index (κ1) is 56.0. The molecule has 0 aliphatic carbocycles. The van der Waals surface area contributed by atoms with Crippen LogP contribution in [0, 0.1) is 0 Å². The van der Waals surface area contributed by atoms with Crippen LogP contribution < -0.4 is 0 Å². The Hall–Kier alpha value is -5.76. The predicted molar refractivity (Wildman–Crippen MR) is 243 cm³/mol. The van der Waals surface area contributed by atoms with Crippen LogP contribution in [0.3, 0.4) is 0 Å². The Morgan fingerprint density at radius 1 is 0.527 bits per heavy atom. The van der Waals surface area contributed by atoms with Gasteiger partial charge in [-0.05, 0) is 71.7 Å². The van der Waals surface area contributed by atoms with Crippen molar-refractivity contribution >= 4 is 24.1 Å². The van der Waals surface area contributed by atoms with Crippen LogP contribution in [-0.4, -0.2) is 221 Å². The van der Waals surface area contributed by atoms with Gasteiger partial charge in [0.25, 0.3) is 0 Å². The van der Waals surface area contributed by atoms with Crippen molar-refractivity contribution in [1.29, 1.82) is 0 Å². The van der Waals surface area contributed by atoms with Gasteiger partial charge in [-0.2, -0.15) is 0 Å². The maximum absolute atomic E-state index is 13.9. The van der Waals surface area contributed by atoms with Gasteiger partial charge in [-0.15, -0.1) is 0 Å². The van der Waals surface area contributed by atoms with Gasteiger partial charge in [0.05, 0.1) is 32.5 Å². The normalized spacial score (nSPS) is 33.6. The van der Waals surface area contributed by atoms with Crippen LogP contribution in [0.2, 0.25) is 0 Å². The van der Waals surface area contributed by atoms with Gasteiger partial charge < -0.3 is 119 Å². The van der Waals surface area contributed by atoms with Crippen LogP contribution >= 0.6 is 0 Å². The molecule has 4 heterocycles. The monoisotopic (exact) mass is 1050 g/mol. The molecule has 0 radical (unpaired) electrons. The SMILES string of the molecule is O=C(C=Cc1ccc(O)c(O)c1)OCC1OC(OC2C(OC(=O)C=Cc3ccc(O)c(O)c3)C(COC3OCC(O)C(O)C3O)OC(OCCc3ccc(O)c(O)c3)C2OC2CC(O)C(O)CO2)C(O)C(O)C1O. The zero-order chi connectivity index (χ0) is 53.4. The minimum atomic E-state index is -2.14. The van der Waals surface area contributed by atoms with Crippen molar-refractivity contribution in [2.24, 2.45) is 0 Å². The highest BCUT2D eigenvalue weighted by Crippen LogP contribution is 2.36. The number of aromatic hydroxyl groups is 6. The maximum Gasteiger partial charge on any atom is 0.331 e. The summed E-state index contributed by atoms with van der Waals surface area (Å²) in [6.45, 7) is -2.72. The molecule has 4 saturated heterocycles. The van der Waals surface area contributed by atoms with Crippen LogP contribution in [-0.2, 0) is 63.4 Å². The lowest BCUT2D eigenvalue weighted by molar-refractivity contribution is -0.383. The lowest BCUT2D eigenvalue weighted by atomic mass is 9.96. The molecule has 74 heavy (non-hydrogen) atoms. The van der Waals surface area contributed by atoms with Gasteiger partial charge in [-0.1, -0.05) is 18.2 Å². The second kappa shape index (κ2) is 25.2. The molecule has 0 saturated carbocycles. The molecule has 3 aromatic carbocycles. The lowest BCUT2D eigenvalue weighted by Gasteiger charge is -2.49. The molecule has 406 valence electrons. The number of phenols is 6. The quantitative estimate of drug-likeness (QED) is 0.0358. The van der Waals surface area contributed by atoms with Crippen molar-refractivity contribution in [3.05, 3.63) is 83.4 Å². The fourth-order valence-corrected chi connectivity index (χ4v) is 8.05. The maximum atomic E-state index is 13.9. The van der Waals surface area contributed by atoms with Crippen molar-refractivity contribution < 1.29 is 128 Å². The lowest BCUT2D eigenvalue weighted by Crippen LogP contribution is -2.67. The Bertz CT molecular complexity index is 2420. The van der Waals surface area contributed by atoms with E-state index in [1.54, 1.807) is 0 Å². The van der Waals surface area contributed by atoms with Crippen molar-refractivity contribution in [3.63, 3.8) is 0 Å². The van der Waals surface area contributed by atoms with Crippen molar-refractivity contribution in [1.82, 2.24) is 0 Å². The van der Waals surface area contributed by atoms with Crippen molar-refractivity contribution in [3.8, 4) is 34.5 Å². The molecule has 17 unspecified atom stereocenters. The van der Waals surface area contributed by atoms with Crippen LogP contribution in [0.25, 0.3) is 12.2 Å². The third-order valence-corrected chi connectivity index (χ3v) is 12.2. The summed E-state index contributed by atoms with van der Waals surface area (Å²) in [5, 5.41) is 145. The summed E-state index contributed by atoms with van der Waals surface area (Å²) in [4.78, 5) is 26.7. The zero-order valence-electron chi connectivity index (χ0n) is 38.9. The molecule has 0 amide bonds. The highest BCUT2D eigenvalue weighted by atomic mass is 16.8. The molecule has 3 aromatic rings. The van der Waals surface area contributed by atoms with Gasteiger partial charge in [0.2, 0.25) is 0 Å². The second-order valence-corrected chi connectivity index (χ2v) is 17.6. The highest BCUT2D eigenvalue weighted by Gasteiger charge is 2.55. The smallest absolute Gasteiger partial charge is 0.331 e. The van der Waals surface area contributed by atoms with Crippen LogP contribution in [0.15, 0.2) is 66.7 Å². The third-order valence-electron chi connectivity index (χ3n) is 12.2. The predicted octanol–water partition coefficient (Wildman–Crippen LogP) is -2.41. The van der Waals surface area contributed by atoms with E-state index in [0.29, 0.717) is 5.56 Å². The second-order valence-electron chi connectivity index (χ2n) is 17.6. The van der Waals surface area contributed by atoms with Gasteiger partial charge in [0.1, 0.15) is 73.8 Å². The van der Waals surface area contributed by atoms with E-state index in [9.17, 15) is 81.1 Å². The molecule has 17 atom stereocenters. The van der Waals surface area contributed by atoms with Crippen LogP contribution in [0.4, 0.5) is 0 Å². The Balaban J connectivity index is 1.23. The zero-order valence-corrected chi connectivity index (χ0v) is 38.9. The summed E-state index contributed by atoms with van der Waals surface area (Å²) in [6.07, 6.45) is -25.6. The molecule has 4 fully saturated rings. The molecule has 4 aliphatic heterocycles. The topological polar surface area (TPSA) is 410 Å². The van der Waals surface area contributed by atoms with Crippen molar-refractivity contribution in [2.75, 3.05) is 33.0 Å². The number of hydrogen-bond acceptors (Lipinski definition) is 26. The molecule has 26 heteroatoms. The van der Waals surface area contributed by atoms with Gasteiger partial charge in [-0.25, -0.2) is 9.59 Å². The highest BCUT2D eigenvalue weighted by molar-refractivity contribution is 5.88. The van der Waals surface area contributed by atoms with E-state index < -0.39 is 177 Å². The van der Waals surface area contributed by atoms with E-state index in [0.717, 1.165) is 30.4 Å². The number of aliphatic hydroxyl groups excluding tert-OH is 8. The molecule has 0 spiro atoms. The first-order chi connectivity index (χ1) is 35.3. The van der Waals surface area contributed by atoms with E-state index in [2.05, 4.69) is 0 Å². The standard InChI is InChI=1S/C48H58O26/c49-24-6-1-21(13-27(24)52)4-9-35(58)66-19-33-39(61)40(62)42(64)47(70-33)74-44-43(72-36(59)10-5-22-2-7-25(50)28(53)14-22)34(20-69-46-41(63)38(60)32(57)18-68-46)71-48(45(44)73-37-16-30(55)31(56)17-67-37)65-12-11-23-3-8-26(51)29(54)15-23/h1-10,13-15,30-34,37-57,60-64H,11-12,16-20H2. The molecule has 0 aromatic heterocycles. The number of carbonyl (C=O) groups is 2. The molecule has 14 N–H and O–H groups in total. The van der Waals surface area contributed by atoms with Crippen molar-refractivity contribution in [2.45, 2.75) is 117 Å². The summed E-state index contributed by atoms with van der Waals surface area (Å²) in [7, 11) is 0. The number of rotatable bonds is 18. The van der Waals surface area contributed by atoms with Gasteiger partial charge >= 0.3 is 11.9 Å². The van der Waals surface area contributed by atoms with E-state index in [1.165, 1.54) is 48.6 Å². The largest absolute Gasteiger partial charge is 0.504 e. The Labute approximate surface area is 420 Å². The van der Waals surface area contributed by atoms with Gasteiger partial charge in [0.15, 0.2) is 65.8 Å². The number of phenolic OH excluding ortho intramolecular Hbond substituents is 6. The number of hydrogen-bond donors (Lipinski definition) is 14. The fourth-order valence-electron chi connectivity index (χ4n) is 8.05. The summed E-state index contributed by atoms with van der Waals surface area (Å²) in [5.74, 6) is -4.86. The molecule has 0 bridgehead atoms. The van der Waals surface area contributed by atoms with E-state index in [-0.39, 0.29) is 30.6 Å². The number of carbonyl (C=O) groups excluding carboxylic acids is 2.